The summed E-state index contributed by atoms with van der Waals surface area (Å²) in [6, 6.07) is 10.3. The molecule has 0 saturated heterocycles. The fourth-order valence-electron chi connectivity index (χ4n) is 4.11. The number of fused-ring (bicyclic) bond motifs is 1. The first-order valence-electron chi connectivity index (χ1n) is 11.1. The molecule has 3 aromatic rings. The van der Waals surface area contributed by atoms with E-state index in [4.69, 9.17) is 18.9 Å². The second-order valence-corrected chi connectivity index (χ2v) is 9.74. The molecule has 0 saturated carbocycles. The largest absolute Gasteiger partial charge is 0.493 e. The summed E-state index contributed by atoms with van der Waals surface area (Å²) < 4.78 is 24.8. The van der Waals surface area contributed by atoms with E-state index < -0.39 is 12.0 Å². The van der Waals surface area contributed by atoms with Gasteiger partial charge in [0.25, 0.3) is 5.56 Å². The second-order valence-electron chi connectivity index (χ2n) is 7.82. The van der Waals surface area contributed by atoms with E-state index in [-0.39, 0.29) is 17.7 Å². The van der Waals surface area contributed by atoms with Crippen LogP contribution in [0.15, 0.2) is 61.9 Å². The zero-order valence-corrected chi connectivity index (χ0v) is 22.9. The zero-order valence-electron chi connectivity index (χ0n) is 20.5. The van der Waals surface area contributed by atoms with Crippen LogP contribution in [0, 0.1) is 0 Å². The van der Waals surface area contributed by atoms with Crippen LogP contribution in [-0.4, -0.2) is 38.5 Å². The number of esters is 1. The molecule has 0 radical (unpaired) electrons. The van der Waals surface area contributed by atoms with Gasteiger partial charge in [-0.15, -0.1) is 0 Å². The van der Waals surface area contributed by atoms with Crippen LogP contribution in [0.5, 0.6) is 17.2 Å². The number of carbonyl (C=O) groups is 1. The molecule has 0 spiro atoms. The van der Waals surface area contributed by atoms with E-state index in [2.05, 4.69) is 20.9 Å². The minimum Gasteiger partial charge on any atom is -0.493 e. The summed E-state index contributed by atoms with van der Waals surface area (Å²) in [5.74, 6) is 0.671. The lowest BCUT2D eigenvalue weighted by atomic mass is 9.95. The van der Waals surface area contributed by atoms with Gasteiger partial charge in [-0.1, -0.05) is 39.4 Å². The van der Waals surface area contributed by atoms with Gasteiger partial charge in [0.1, 0.15) is 0 Å². The molecule has 1 aliphatic rings. The van der Waals surface area contributed by atoms with Gasteiger partial charge in [0.05, 0.1) is 49.8 Å². The predicted molar refractivity (Wildman–Crippen MR) is 141 cm³/mol. The molecule has 0 bridgehead atoms. The van der Waals surface area contributed by atoms with E-state index in [1.54, 1.807) is 26.0 Å². The van der Waals surface area contributed by atoms with Crippen molar-refractivity contribution in [3.63, 3.8) is 0 Å². The lowest BCUT2D eigenvalue weighted by Gasteiger charge is -2.26. The fourth-order valence-corrected chi connectivity index (χ4v) is 5.58. The van der Waals surface area contributed by atoms with Crippen molar-refractivity contribution in [1.29, 1.82) is 0 Å². The topological polar surface area (TPSA) is 88.4 Å². The van der Waals surface area contributed by atoms with Crippen molar-refractivity contribution >= 4 is 39.3 Å². The Bertz CT molecular complexity index is 1510. The number of hydrogen-bond donors (Lipinski definition) is 0. The number of hydrogen-bond acceptors (Lipinski definition) is 8. The van der Waals surface area contributed by atoms with Crippen LogP contribution in [-0.2, 0) is 9.53 Å². The summed E-state index contributed by atoms with van der Waals surface area (Å²) in [5.41, 5.74) is 1.93. The van der Waals surface area contributed by atoms with E-state index in [9.17, 15) is 9.59 Å². The second kappa shape index (κ2) is 10.7. The summed E-state index contributed by atoms with van der Waals surface area (Å²) in [7, 11) is 4.54. The van der Waals surface area contributed by atoms with Gasteiger partial charge in [-0.25, -0.2) is 9.79 Å². The molecule has 0 amide bonds. The van der Waals surface area contributed by atoms with E-state index in [1.807, 2.05) is 30.3 Å². The maximum Gasteiger partial charge on any atom is 0.338 e. The highest BCUT2D eigenvalue weighted by Gasteiger charge is 2.34. The van der Waals surface area contributed by atoms with Gasteiger partial charge >= 0.3 is 5.97 Å². The number of carbonyl (C=O) groups excluding carboxylic acids is 1. The van der Waals surface area contributed by atoms with Crippen LogP contribution in [0.4, 0.5) is 0 Å². The molecule has 36 heavy (non-hydrogen) atoms. The highest BCUT2D eigenvalue weighted by molar-refractivity contribution is 9.10. The normalized spacial score (nSPS) is 15.3. The molecule has 0 aliphatic carbocycles. The zero-order chi connectivity index (χ0) is 26.0. The van der Waals surface area contributed by atoms with Crippen molar-refractivity contribution in [1.82, 2.24) is 4.57 Å². The molecule has 4 rings (SSSR count). The Labute approximate surface area is 220 Å². The van der Waals surface area contributed by atoms with Gasteiger partial charge in [-0.3, -0.25) is 9.36 Å². The monoisotopic (exact) mass is 572 g/mol. The van der Waals surface area contributed by atoms with Crippen LogP contribution < -0.4 is 29.1 Å². The standard InChI is InChI=1S/C26H25BrN2O6S/c1-6-35-25(31)21-14(2)28-26-29(24(30)20(36-26)11-15-8-7-9-17(27)10-15)22(21)16-12-18(32-3)23(34-5)19(13-16)33-4/h7-13,22H,6H2,1-5H3. The average Bonchev–Trinajstić information content (AvgIpc) is 3.16. The van der Waals surface area contributed by atoms with E-state index in [1.165, 1.54) is 37.2 Å². The fraction of sp³-hybridized carbons (Fsp3) is 0.269. The smallest absolute Gasteiger partial charge is 0.338 e. The minimum atomic E-state index is -0.807. The van der Waals surface area contributed by atoms with Gasteiger partial charge in [0.2, 0.25) is 5.75 Å². The van der Waals surface area contributed by atoms with E-state index in [0.29, 0.717) is 37.8 Å². The third-order valence-electron chi connectivity index (χ3n) is 5.67. The van der Waals surface area contributed by atoms with Gasteiger partial charge in [-0.05, 0) is 55.3 Å². The number of thiazole rings is 1. The highest BCUT2D eigenvalue weighted by Crippen LogP contribution is 2.42. The Hall–Kier alpha value is -3.37. The van der Waals surface area contributed by atoms with Crippen molar-refractivity contribution < 1.29 is 23.7 Å². The average molecular weight is 573 g/mol. The molecule has 0 N–H and O–H groups in total. The van der Waals surface area contributed by atoms with Gasteiger partial charge in [-0.2, -0.15) is 0 Å². The molecular weight excluding hydrogens is 548 g/mol. The number of allylic oxidation sites excluding steroid dienone is 1. The Kier molecular flexibility index (Phi) is 7.65. The number of halogens is 1. The molecular formula is C26H25BrN2O6S. The number of benzene rings is 2. The molecule has 1 unspecified atom stereocenters. The Morgan fingerprint density at radius 3 is 2.42 bits per heavy atom. The third kappa shape index (κ3) is 4.70. The van der Waals surface area contributed by atoms with Crippen LogP contribution in [0.1, 0.15) is 31.0 Å². The van der Waals surface area contributed by atoms with Crippen LogP contribution in [0.25, 0.3) is 6.08 Å². The quantitative estimate of drug-likeness (QED) is 0.402. The van der Waals surface area contributed by atoms with Crippen LogP contribution in [0.3, 0.4) is 0 Å². The summed E-state index contributed by atoms with van der Waals surface area (Å²) in [6.07, 6.45) is 1.81. The van der Waals surface area contributed by atoms with E-state index >= 15 is 0 Å². The van der Waals surface area contributed by atoms with Gasteiger partial charge in [0.15, 0.2) is 16.3 Å². The van der Waals surface area contributed by atoms with Crippen molar-refractivity contribution in [2.45, 2.75) is 19.9 Å². The van der Waals surface area contributed by atoms with Crippen molar-refractivity contribution in [3.8, 4) is 17.2 Å². The van der Waals surface area contributed by atoms with Crippen LogP contribution >= 0.6 is 27.3 Å². The number of aromatic nitrogens is 1. The van der Waals surface area contributed by atoms with E-state index in [0.717, 1.165) is 10.0 Å². The number of ether oxygens (including phenoxy) is 4. The number of nitrogens with zero attached hydrogens (tertiary/aromatic N) is 2. The molecule has 188 valence electrons. The molecule has 8 nitrogen and oxygen atoms in total. The Balaban J connectivity index is 2.02. The lowest BCUT2D eigenvalue weighted by Crippen LogP contribution is -2.40. The molecule has 1 aromatic heterocycles. The number of rotatable bonds is 7. The molecule has 0 fully saturated rings. The summed E-state index contributed by atoms with van der Waals surface area (Å²) >= 11 is 4.72. The maximum atomic E-state index is 13.8. The first-order chi connectivity index (χ1) is 17.3. The van der Waals surface area contributed by atoms with Crippen molar-refractivity contribution in [3.05, 3.63) is 83.0 Å². The SMILES string of the molecule is CCOC(=O)C1=C(C)N=c2sc(=Cc3cccc(Br)c3)c(=O)n2C1c1cc(OC)c(OC)c(OC)c1. The Morgan fingerprint density at radius 2 is 1.83 bits per heavy atom. The highest BCUT2D eigenvalue weighted by atomic mass is 79.9. The summed E-state index contributed by atoms with van der Waals surface area (Å²) in [6.45, 7) is 3.66. The molecule has 1 aliphatic heterocycles. The molecule has 1 atom stereocenters. The van der Waals surface area contributed by atoms with Crippen molar-refractivity contribution in [2.24, 2.45) is 4.99 Å². The Morgan fingerprint density at radius 1 is 1.14 bits per heavy atom. The first kappa shape index (κ1) is 25.7. The molecule has 2 heterocycles. The van der Waals surface area contributed by atoms with Crippen molar-refractivity contribution in [2.75, 3.05) is 27.9 Å². The third-order valence-corrected chi connectivity index (χ3v) is 7.14. The lowest BCUT2D eigenvalue weighted by molar-refractivity contribution is -0.139. The minimum absolute atomic E-state index is 0.185. The van der Waals surface area contributed by atoms with Crippen LogP contribution in [0.2, 0.25) is 0 Å². The summed E-state index contributed by atoms with van der Waals surface area (Å²) in [5, 5.41) is 0. The maximum absolute atomic E-state index is 13.8. The first-order valence-corrected chi connectivity index (χ1v) is 12.7. The molecule has 10 heteroatoms. The predicted octanol–water partition coefficient (Wildman–Crippen LogP) is 3.59. The van der Waals surface area contributed by atoms with Gasteiger partial charge < -0.3 is 18.9 Å². The summed E-state index contributed by atoms with van der Waals surface area (Å²) in [4.78, 5) is 32.0. The van der Waals surface area contributed by atoms with Gasteiger partial charge in [0, 0.05) is 4.47 Å². The molecule has 2 aromatic carbocycles. The number of methoxy groups -OCH3 is 3.